The molecule has 0 radical (unpaired) electrons. The first kappa shape index (κ1) is 24.4. The Morgan fingerprint density at radius 2 is 1.50 bits per heavy atom. The maximum Gasteiger partial charge on any atom is 0.248 e. The van der Waals surface area contributed by atoms with Crippen molar-refractivity contribution in [2.45, 2.75) is 30.7 Å². The molecular weight excluding hydrogens is 486 g/mol. The molecule has 36 heavy (non-hydrogen) atoms. The van der Waals surface area contributed by atoms with Gasteiger partial charge in [0.15, 0.2) is 4.90 Å². The van der Waals surface area contributed by atoms with Gasteiger partial charge in [-0.1, -0.05) is 36.4 Å². The summed E-state index contributed by atoms with van der Waals surface area (Å²) < 4.78 is 61.7. The zero-order chi connectivity index (χ0) is 25.3. The van der Waals surface area contributed by atoms with Crippen LogP contribution in [0.25, 0.3) is 0 Å². The number of hydrogen-bond acceptors (Lipinski definition) is 4. The molecule has 1 spiro atoms. The molecule has 2 aliphatic heterocycles. The van der Waals surface area contributed by atoms with Gasteiger partial charge in [-0.25, -0.2) is 17.2 Å². The number of amides is 1. The number of carbonyl (C=O) groups excluding carboxylic acids is 1. The summed E-state index contributed by atoms with van der Waals surface area (Å²) in [4.78, 5) is 14.2. The standard InChI is InChI=1S/C27H26F2N2O4S/c28-23-8-4-9-24(29)25(23)36(33,34)31-16-5-14-27(19-31)15-17-30(26(27)32)18-20-10-12-22(13-11-20)35-21-6-2-1-3-7-21/h1-4,6-13H,5,14-19H2. The van der Waals surface area contributed by atoms with E-state index in [1.807, 2.05) is 54.6 Å². The molecule has 0 N–H and O–H groups in total. The number of piperidine rings is 1. The number of hydrogen-bond donors (Lipinski definition) is 0. The second-order valence-electron chi connectivity index (χ2n) is 9.31. The molecule has 6 nitrogen and oxygen atoms in total. The van der Waals surface area contributed by atoms with Gasteiger partial charge in [0.1, 0.15) is 23.1 Å². The molecule has 0 aromatic heterocycles. The second kappa shape index (κ2) is 9.63. The van der Waals surface area contributed by atoms with Crippen molar-refractivity contribution in [2.75, 3.05) is 19.6 Å². The van der Waals surface area contributed by atoms with E-state index in [0.29, 0.717) is 38.1 Å². The molecule has 2 fully saturated rings. The largest absolute Gasteiger partial charge is 0.457 e. The summed E-state index contributed by atoms with van der Waals surface area (Å²) in [6.07, 6.45) is 1.48. The van der Waals surface area contributed by atoms with E-state index in [4.69, 9.17) is 4.74 Å². The van der Waals surface area contributed by atoms with E-state index in [1.165, 1.54) is 0 Å². The van der Waals surface area contributed by atoms with Crippen LogP contribution >= 0.6 is 0 Å². The monoisotopic (exact) mass is 512 g/mol. The van der Waals surface area contributed by atoms with Crippen LogP contribution in [-0.4, -0.2) is 43.2 Å². The van der Waals surface area contributed by atoms with Crippen LogP contribution in [0, 0.1) is 17.0 Å². The molecule has 2 saturated heterocycles. The highest BCUT2D eigenvalue weighted by atomic mass is 32.2. The van der Waals surface area contributed by atoms with Crippen molar-refractivity contribution in [1.82, 2.24) is 9.21 Å². The number of ether oxygens (including phenoxy) is 1. The van der Waals surface area contributed by atoms with Gasteiger partial charge in [0, 0.05) is 26.2 Å². The van der Waals surface area contributed by atoms with Crippen molar-refractivity contribution in [3.63, 3.8) is 0 Å². The normalized spacial score (nSPS) is 20.7. The van der Waals surface area contributed by atoms with Gasteiger partial charge in [-0.05, 0) is 61.2 Å². The Morgan fingerprint density at radius 1 is 0.833 bits per heavy atom. The van der Waals surface area contributed by atoms with Crippen LogP contribution in [0.5, 0.6) is 11.5 Å². The van der Waals surface area contributed by atoms with E-state index in [9.17, 15) is 22.0 Å². The van der Waals surface area contributed by atoms with Crippen LogP contribution in [0.3, 0.4) is 0 Å². The molecule has 1 unspecified atom stereocenters. The van der Waals surface area contributed by atoms with Crippen LogP contribution in [-0.2, 0) is 21.4 Å². The molecular formula is C27H26F2N2O4S. The summed E-state index contributed by atoms with van der Waals surface area (Å²) in [5.74, 6) is -0.972. The minimum Gasteiger partial charge on any atom is -0.457 e. The van der Waals surface area contributed by atoms with Gasteiger partial charge >= 0.3 is 0 Å². The molecule has 0 aliphatic carbocycles. The Kier molecular flexibility index (Phi) is 6.53. The second-order valence-corrected chi connectivity index (χ2v) is 11.2. The van der Waals surface area contributed by atoms with Gasteiger partial charge in [-0.15, -0.1) is 0 Å². The predicted molar refractivity (Wildman–Crippen MR) is 130 cm³/mol. The number of nitrogens with zero attached hydrogens (tertiary/aromatic N) is 2. The molecule has 2 heterocycles. The molecule has 1 amide bonds. The zero-order valence-corrected chi connectivity index (χ0v) is 20.4. The Morgan fingerprint density at radius 3 is 2.19 bits per heavy atom. The summed E-state index contributed by atoms with van der Waals surface area (Å²) in [5.41, 5.74) is 0.0400. The van der Waals surface area contributed by atoms with E-state index in [0.717, 1.165) is 33.8 Å². The summed E-state index contributed by atoms with van der Waals surface area (Å²) >= 11 is 0. The third-order valence-corrected chi connectivity index (χ3v) is 8.83. The van der Waals surface area contributed by atoms with E-state index in [-0.39, 0.29) is 19.0 Å². The van der Waals surface area contributed by atoms with Gasteiger partial charge in [-0.2, -0.15) is 4.31 Å². The number of para-hydroxylation sites is 1. The number of likely N-dealkylation sites (tertiary alicyclic amines) is 1. The maximum atomic E-state index is 14.3. The van der Waals surface area contributed by atoms with E-state index in [1.54, 1.807) is 4.90 Å². The minimum absolute atomic E-state index is 0.0811. The number of sulfonamides is 1. The molecule has 3 aromatic rings. The van der Waals surface area contributed by atoms with Gasteiger partial charge in [0.2, 0.25) is 15.9 Å². The lowest BCUT2D eigenvalue weighted by atomic mass is 9.79. The highest BCUT2D eigenvalue weighted by Crippen LogP contribution is 2.42. The van der Waals surface area contributed by atoms with E-state index >= 15 is 0 Å². The van der Waals surface area contributed by atoms with Gasteiger partial charge in [0.25, 0.3) is 0 Å². The lowest BCUT2D eigenvalue weighted by Crippen LogP contribution is -2.49. The Labute approximate surface area is 209 Å². The highest BCUT2D eigenvalue weighted by molar-refractivity contribution is 7.89. The summed E-state index contributed by atoms with van der Waals surface area (Å²) in [6.45, 7) is 0.917. The van der Waals surface area contributed by atoms with Crippen molar-refractivity contribution in [1.29, 1.82) is 0 Å². The molecule has 0 bridgehead atoms. The molecule has 0 saturated carbocycles. The first-order chi connectivity index (χ1) is 17.3. The highest BCUT2D eigenvalue weighted by Gasteiger charge is 2.51. The van der Waals surface area contributed by atoms with Crippen molar-refractivity contribution in [3.8, 4) is 11.5 Å². The summed E-state index contributed by atoms with van der Waals surface area (Å²) in [5, 5.41) is 0. The third kappa shape index (κ3) is 4.60. The van der Waals surface area contributed by atoms with E-state index < -0.39 is 32.0 Å². The molecule has 5 rings (SSSR count). The minimum atomic E-state index is -4.42. The topological polar surface area (TPSA) is 66.9 Å². The lowest BCUT2D eigenvalue weighted by molar-refractivity contribution is -0.138. The number of carbonyl (C=O) groups is 1. The van der Waals surface area contributed by atoms with Crippen LogP contribution in [0.15, 0.2) is 77.7 Å². The van der Waals surface area contributed by atoms with Gasteiger partial charge < -0.3 is 9.64 Å². The van der Waals surface area contributed by atoms with Crippen molar-refractivity contribution in [3.05, 3.63) is 90.0 Å². The Bertz CT molecular complexity index is 1350. The fraction of sp³-hybridized carbons (Fsp3) is 0.296. The smallest absolute Gasteiger partial charge is 0.248 e. The van der Waals surface area contributed by atoms with Crippen molar-refractivity contribution >= 4 is 15.9 Å². The average Bonchev–Trinajstić information content (AvgIpc) is 3.15. The first-order valence-electron chi connectivity index (χ1n) is 11.8. The van der Waals surface area contributed by atoms with Crippen LogP contribution in [0.4, 0.5) is 8.78 Å². The number of halogens is 2. The van der Waals surface area contributed by atoms with Crippen LogP contribution in [0.1, 0.15) is 24.8 Å². The molecule has 3 aromatic carbocycles. The fourth-order valence-corrected chi connectivity index (χ4v) is 6.76. The fourth-order valence-electron chi connectivity index (χ4n) is 5.08. The molecule has 9 heteroatoms. The Balaban J connectivity index is 1.28. The van der Waals surface area contributed by atoms with Crippen LogP contribution in [0.2, 0.25) is 0 Å². The lowest BCUT2D eigenvalue weighted by Gasteiger charge is -2.38. The van der Waals surface area contributed by atoms with Crippen LogP contribution < -0.4 is 4.74 Å². The number of rotatable bonds is 6. The summed E-state index contributed by atoms with van der Waals surface area (Å²) in [7, 11) is -4.42. The zero-order valence-electron chi connectivity index (χ0n) is 19.6. The van der Waals surface area contributed by atoms with Gasteiger partial charge in [-0.3, -0.25) is 4.79 Å². The number of benzene rings is 3. The molecule has 1 atom stereocenters. The first-order valence-corrected chi connectivity index (χ1v) is 13.3. The SMILES string of the molecule is O=C1N(Cc2ccc(Oc3ccccc3)cc2)CCC12CCCN(S(=O)(=O)c1c(F)cccc1F)C2. The quantitative estimate of drug-likeness (QED) is 0.468. The summed E-state index contributed by atoms with van der Waals surface area (Å²) in [6, 6.07) is 19.9. The average molecular weight is 513 g/mol. The van der Waals surface area contributed by atoms with Crippen molar-refractivity contribution in [2.24, 2.45) is 5.41 Å². The van der Waals surface area contributed by atoms with Gasteiger partial charge in [0.05, 0.1) is 5.41 Å². The third-order valence-electron chi connectivity index (χ3n) is 6.94. The van der Waals surface area contributed by atoms with E-state index in [2.05, 4.69) is 0 Å². The molecule has 2 aliphatic rings. The maximum absolute atomic E-state index is 14.3. The molecule has 188 valence electrons. The predicted octanol–water partition coefficient (Wildman–Crippen LogP) is 4.96. The van der Waals surface area contributed by atoms with Crippen molar-refractivity contribution < 1.29 is 26.7 Å². The Hall–Kier alpha value is -3.30.